The highest BCUT2D eigenvalue weighted by Crippen LogP contribution is 2.06. The molecule has 0 bridgehead atoms. The molecule has 94 valence electrons. The summed E-state index contributed by atoms with van der Waals surface area (Å²) in [6.45, 7) is 12.9. The highest BCUT2D eigenvalue weighted by Gasteiger charge is 2.05. The average Bonchev–Trinajstić information content (AvgIpc) is 2.02. The van der Waals surface area contributed by atoms with Crippen LogP contribution in [0.25, 0.3) is 0 Å². The van der Waals surface area contributed by atoms with E-state index in [0.717, 1.165) is 17.9 Å². The second-order valence-electron chi connectivity index (χ2n) is 5.51. The average molecular weight is 236 g/mol. The molecule has 0 heterocycles. The van der Waals surface area contributed by atoms with Crippen molar-refractivity contribution in [3.05, 3.63) is 0 Å². The van der Waals surface area contributed by atoms with Gasteiger partial charge in [0.1, 0.15) is 0 Å². The van der Waals surface area contributed by atoms with Crippen molar-refractivity contribution in [2.24, 2.45) is 11.8 Å². The molecular weight excluding hydrogens is 206 g/mol. The molecule has 0 radical (unpaired) electrons. The van der Waals surface area contributed by atoms with E-state index in [1.807, 2.05) is 0 Å². The van der Waals surface area contributed by atoms with Gasteiger partial charge in [-0.05, 0) is 38.0 Å². The van der Waals surface area contributed by atoms with Gasteiger partial charge in [0.05, 0.1) is 12.6 Å². The Kier molecular flexibility index (Phi) is 12.6. The molecule has 0 amide bonds. The van der Waals surface area contributed by atoms with E-state index in [0.29, 0.717) is 0 Å². The van der Waals surface area contributed by atoms with E-state index < -0.39 is 0 Å². The first-order valence-corrected chi connectivity index (χ1v) is 6.35. The third-order valence-electron chi connectivity index (χ3n) is 2.75. The van der Waals surface area contributed by atoms with Crippen molar-refractivity contribution in [2.45, 2.75) is 66.3 Å². The number of quaternary nitrogens is 1. The summed E-state index contributed by atoms with van der Waals surface area (Å²) in [5, 5.41) is 2.51. The maximum atomic E-state index is 2.51. The molecule has 2 heteroatoms. The third kappa shape index (κ3) is 14.2. The molecule has 0 saturated carbocycles. The van der Waals surface area contributed by atoms with Crippen LogP contribution in [-0.2, 0) is 0 Å². The van der Waals surface area contributed by atoms with Crippen molar-refractivity contribution in [1.29, 1.82) is 0 Å². The van der Waals surface area contributed by atoms with E-state index in [1.54, 1.807) is 0 Å². The van der Waals surface area contributed by atoms with Gasteiger partial charge in [0.15, 0.2) is 0 Å². The smallest absolute Gasteiger partial charge is 0.0830 e. The Hall–Kier alpha value is 0.250. The van der Waals surface area contributed by atoms with Crippen molar-refractivity contribution in [1.82, 2.24) is 0 Å². The Balaban J connectivity index is 0. The summed E-state index contributed by atoms with van der Waals surface area (Å²) in [5.41, 5.74) is 0. The van der Waals surface area contributed by atoms with Gasteiger partial charge >= 0.3 is 0 Å². The fourth-order valence-corrected chi connectivity index (χ4v) is 1.68. The molecule has 2 N–H and O–H groups in total. The quantitative estimate of drug-likeness (QED) is 0.601. The molecule has 0 aliphatic carbocycles. The predicted octanol–water partition coefficient (Wildman–Crippen LogP) is -0.185. The number of halogens is 1. The molecule has 0 saturated heterocycles. The molecule has 0 aliphatic heterocycles. The Bertz CT molecular complexity index is 110. The van der Waals surface area contributed by atoms with E-state index in [1.165, 1.54) is 32.2 Å². The largest absolute Gasteiger partial charge is 1.00 e. The molecule has 0 fully saturated rings. The van der Waals surface area contributed by atoms with Crippen LogP contribution in [0.4, 0.5) is 0 Å². The monoisotopic (exact) mass is 235 g/mol. The summed E-state index contributed by atoms with van der Waals surface area (Å²) in [6.07, 6.45) is 5.53. The van der Waals surface area contributed by atoms with Gasteiger partial charge in [-0.2, -0.15) is 0 Å². The minimum absolute atomic E-state index is 0. The van der Waals surface area contributed by atoms with Crippen molar-refractivity contribution in [2.75, 3.05) is 6.54 Å². The lowest BCUT2D eigenvalue weighted by molar-refractivity contribution is -0.687. The Labute approximate surface area is 103 Å². The molecule has 1 nitrogen and oxygen atoms in total. The summed E-state index contributed by atoms with van der Waals surface area (Å²) in [4.78, 5) is 0. The van der Waals surface area contributed by atoms with Crippen LogP contribution in [0.1, 0.15) is 60.3 Å². The van der Waals surface area contributed by atoms with Crippen molar-refractivity contribution >= 4 is 0 Å². The predicted molar refractivity (Wildman–Crippen MR) is 64.4 cm³/mol. The van der Waals surface area contributed by atoms with E-state index in [2.05, 4.69) is 39.9 Å². The summed E-state index contributed by atoms with van der Waals surface area (Å²) in [6, 6.07) is 0.826. The van der Waals surface area contributed by atoms with Crippen LogP contribution in [-0.4, -0.2) is 12.6 Å². The number of hydrogen-bond donors (Lipinski definition) is 1. The first kappa shape index (κ1) is 17.6. The van der Waals surface area contributed by atoms with Crippen molar-refractivity contribution < 1.29 is 17.7 Å². The summed E-state index contributed by atoms with van der Waals surface area (Å²) in [5.74, 6) is 1.73. The summed E-state index contributed by atoms with van der Waals surface area (Å²) >= 11 is 0. The van der Waals surface area contributed by atoms with Crippen LogP contribution in [0, 0.1) is 11.8 Å². The molecule has 0 aromatic carbocycles. The Morgan fingerprint density at radius 3 is 1.80 bits per heavy atom. The zero-order valence-electron chi connectivity index (χ0n) is 11.2. The van der Waals surface area contributed by atoms with Gasteiger partial charge < -0.3 is 17.7 Å². The normalized spacial score (nSPS) is 13.0. The highest BCUT2D eigenvalue weighted by molar-refractivity contribution is 4.51. The SMILES string of the molecule is CC(C)CCCC(C)[NH2+]CCC(C)C.[Cl-]. The van der Waals surface area contributed by atoms with E-state index in [-0.39, 0.29) is 12.4 Å². The fourth-order valence-electron chi connectivity index (χ4n) is 1.68. The first-order chi connectivity index (χ1) is 6.52. The van der Waals surface area contributed by atoms with Gasteiger partial charge in [0.2, 0.25) is 0 Å². The molecule has 1 unspecified atom stereocenters. The third-order valence-corrected chi connectivity index (χ3v) is 2.75. The number of hydrogen-bond acceptors (Lipinski definition) is 0. The zero-order chi connectivity index (χ0) is 11.0. The lowest BCUT2D eigenvalue weighted by Gasteiger charge is -2.12. The van der Waals surface area contributed by atoms with E-state index in [9.17, 15) is 0 Å². The lowest BCUT2D eigenvalue weighted by atomic mass is 10.0. The highest BCUT2D eigenvalue weighted by atomic mass is 35.5. The lowest BCUT2D eigenvalue weighted by Crippen LogP contribution is -3.00. The van der Waals surface area contributed by atoms with Gasteiger partial charge in [0.25, 0.3) is 0 Å². The molecule has 0 aromatic heterocycles. The molecule has 0 aliphatic rings. The fraction of sp³-hybridized carbons (Fsp3) is 1.00. The maximum Gasteiger partial charge on any atom is 0.0830 e. The van der Waals surface area contributed by atoms with Gasteiger partial charge in [-0.1, -0.05) is 34.1 Å². The maximum absolute atomic E-state index is 2.51. The van der Waals surface area contributed by atoms with Gasteiger partial charge in [-0.15, -0.1) is 0 Å². The molecule has 0 aromatic rings. The van der Waals surface area contributed by atoms with Gasteiger partial charge in [-0.25, -0.2) is 0 Å². The molecule has 0 rings (SSSR count). The molecular formula is C13H30ClN. The van der Waals surface area contributed by atoms with Gasteiger partial charge in [0, 0.05) is 0 Å². The second-order valence-corrected chi connectivity index (χ2v) is 5.51. The Morgan fingerprint density at radius 2 is 1.33 bits per heavy atom. The second kappa shape index (κ2) is 10.8. The van der Waals surface area contributed by atoms with Crippen LogP contribution in [0.2, 0.25) is 0 Å². The Morgan fingerprint density at radius 1 is 0.800 bits per heavy atom. The summed E-state index contributed by atoms with van der Waals surface area (Å²) in [7, 11) is 0. The number of rotatable bonds is 8. The van der Waals surface area contributed by atoms with Crippen LogP contribution in [0.15, 0.2) is 0 Å². The molecule has 0 spiro atoms. The van der Waals surface area contributed by atoms with Crippen LogP contribution < -0.4 is 17.7 Å². The van der Waals surface area contributed by atoms with Crippen LogP contribution in [0.3, 0.4) is 0 Å². The van der Waals surface area contributed by atoms with Gasteiger partial charge in [-0.3, -0.25) is 0 Å². The minimum Gasteiger partial charge on any atom is -1.00 e. The topological polar surface area (TPSA) is 16.6 Å². The van der Waals surface area contributed by atoms with E-state index >= 15 is 0 Å². The van der Waals surface area contributed by atoms with E-state index in [4.69, 9.17) is 0 Å². The van der Waals surface area contributed by atoms with Crippen LogP contribution in [0.5, 0.6) is 0 Å². The molecule has 15 heavy (non-hydrogen) atoms. The van der Waals surface area contributed by atoms with Crippen molar-refractivity contribution in [3.8, 4) is 0 Å². The van der Waals surface area contributed by atoms with Crippen molar-refractivity contribution in [3.63, 3.8) is 0 Å². The summed E-state index contributed by atoms with van der Waals surface area (Å²) < 4.78 is 0. The zero-order valence-corrected chi connectivity index (χ0v) is 12.0. The number of nitrogens with two attached hydrogens (primary N) is 1. The van der Waals surface area contributed by atoms with Crippen LogP contribution >= 0.6 is 0 Å². The standard InChI is InChI=1S/C13H29N.ClH/c1-11(2)7-6-8-13(5)14-10-9-12(3)4;/h11-14H,6-10H2,1-5H3;1H. The first-order valence-electron chi connectivity index (χ1n) is 6.35. The molecule has 1 atom stereocenters. The minimum atomic E-state index is 0.